The summed E-state index contributed by atoms with van der Waals surface area (Å²) in [7, 11) is 0. The molecular formula is C20H27N5O4. The number of benzene rings is 1. The second kappa shape index (κ2) is 9.83. The van der Waals surface area contributed by atoms with Gasteiger partial charge in [-0.1, -0.05) is 6.08 Å². The molecule has 1 unspecified atom stereocenters. The van der Waals surface area contributed by atoms with E-state index < -0.39 is 17.8 Å². The smallest absolute Gasteiger partial charge is 0.408 e. The summed E-state index contributed by atoms with van der Waals surface area (Å²) in [6.07, 6.45) is 0.481. The molecule has 1 heterocycles. The fraction of sp³-hybridized carbons (Fsp3) is 0.400. The van der Waals surface area contributed by atoms with Crippen LogP contribution in [0.15, 0.2) is 36.9 Å². The maximum Gasteiger partial charge on any atom is 0.408 e. The van der Waals surface area contributed by atoms with E-state index in [9.17, 15) is 9.59 Å². The number of ether oxygens (including phenoxy) is 2. The van der Waals surface area contributed by atoms with Crippen molar-refractivity contribution in [2.75, 3.05) is 11.9 Å². The van der Waals surface area contributed by atoms with Crippen molar-refractivity contribution in [3.8, 4) is 11.4 Å². The Morgan fingerprint density at radius 3 is 2.59 bits per heavy atom. The highest BCUT2D eigenvalue weighted by Gasteiger charge is 2.16. The lowest BCUT2D eigenvalue weighted by Gasteiger charge is -2.19. The molecule has 1 aromatic heterocycles. The Kier molecular flexibility index (Phi) is 7.49. The molecule has 0 radical (unpaired) electrons. The average Bonchev–Trinajstić information content (AvgIpc) is 3.12. The number of alkyl carbamates (subject to hydrolysis) is 1. The molecule has 0 saturated heterocycles. The molecule has 0 spiro atoms. The zero-order chi connectivity index (χ0) is 21.4. The molecule has 0 saturated carbocycles. The third-order valence-corrected chi connectivity index (χ3v) is 3.57. The molecule has 156 valence electrons. The second-order valence-electron chi connectivity index (χ2n) is 7.29. The Balaban J connectivity index is 1.91. The number of H-pyrrole nitrogens is 1. The van der Waals surface area contributed by atoms with Crippen molar-refractivity contribution in [2.45, 2.75) is 45.9 Å². The highest BCUT2D eigenvalue weighted by molar-refractivity contribution is 5.94. The third-order valence-electron chi connectivity index (χ3n) is 3.57. The molecule has 2 rings (SSSR count). The minimum absolute atomic E-state index is 0.165. The number of hydrogen-bond donors (Lipinski definition) is 3. The van der Waals surface area contributed by atoms with Crippen LogP contribution in [-0.2, 0) is 20.8 Å². The molecule has 29 heavy (non-hydrogen) atoms. The van der Waals surface area contributed by atoms with E-state index in [-0.39, 0.29) is 12.5 Å². The van der Waals surface area contributed by atoms with Crippen LogP contribution in [0.3, 0.4) is 0 Å². The van der Waals surface area contributed by atoms with Gasteiger partial charge in [-0.05, 0) is 52.0 Å². The first kappa shape index (κ1) is 22.1. The average molecular weight is 401 g/mol. The van der Waals surface area contributed by atoms with Crippen LogP contribution in [0, 0.1) is 0 Å². The lowest BCUT2D eigenvalue weighted by atomic mass is 10.2. The number of anilines is 1. The van der Waals surface area contributed by atoms with Gasteiger partial charge in [-0.25, -0.2) is 9.78 Å². The van der Waals surface area contributed by atoms with Crippen LogP contribution in [-0.4, -0.2) is 45.5 Å². The Labute approximate surface area is 169 Å². The molecule has 0 bridgehead atoms. The largest absolute Gasteiger partial charge is 0.444 e. The fourth-order valence-corrected chi connectivity index (χ4v) is 2.21. The molecule has 0 aliphatic carbocycles. The predicted molar refractivity (Wildman–Crippen MR) is 109 cm³/mol. The zero-order valence-electron chi connectivity index (χ0n) is 17.1. The van der Waals surface area contributed by atoms with Crippen LogP contribution in [0.5, 0.6) is 0 Å². The molecule has 9 heteroatoms. The predicted octanol–water partition coefficient (Wildman–Crippen LogP) is 3.03. The number of aromatic amines is 1. The van der Waals surface area contributed by atoms with Gasteiger partial charge in [-0.15, -0.1) is 6.58 Å². The van der Waals surface area contributed by atoms with E-state index in [0.717, 1.165) is 5.56 Å². The van der Waals surface area contributed by atoms with Crippen molar-refractivity contribution >= 4 is 17.7 Å². The summed E-state index contributed by atoms with van der Waals surface area (Å²) < 4.78 is 10.5. The Bertz CT molecular complexity index is 839. The first-order valence-electron chi connectivity index (χ1n) is 9.20. The van der Waals surface area contributed by atoms with Crippen molar-refractivity contribution < 1.29 is 19.1 Å². The SMILES string of the molecule is C=CCOC(C)C(=O)Nc1ccc(-c2n[nH]c(CNC(=O)OC(C)(C)C)n2)cc1. The summed E-state index contributed by atoms with van der Waals surface area (Å²) in [5, 5.41) is 12.3. The third kappa shape index (κ3) is 7.38. The van der Waals surface area contributed by atoms with E-state index in [0.29, 0.717) is 23.9 Å². The molecule has 3 N–H and O–H groups in total. The normalized spacial score (nSPS) is 12.1. The van der Waals surface area contributed by atoms with E-state index in [1.54, 1.807) is 58.0 Å². The van der Waals surface area contributed by atoms with E-state index >= 15 is 0 Å². The quantitative estimate of drug-likeness (QED) is 0.585. The first-order chi connectivity index (χ1) is 13.7. The number of nitrogens with one attached hydrogen (secondary N) is 3. The van der Waals surface area contributed by atoms with Crippen molar-refractivity contribution in [1.29, 1.82) is 0 Å². The van der Waals surface area contributed by atoms with Gasteiger partial charge in [0, 0.05) is 11.3 Å². The van der Waals surface area contributed by atoms with Crippen LogP contribution in [0.2, 0.25) is 0 Å². The van der Waals surface area contributed by atoms with E-state index in [1.807, 2.05) is 0 Å². The first-order valence-corrected chi connectivity index (χ1v) is 9.20. The number of carbonyl (C=O) groups excluding carboxylic acids is 2. The number of rotatable bonds is 8. The summed E-state index contributed by atoms with van der Waals surface area (Å²) in [6.45, 7) is 11.1. The Morgan fingerprint density at radius 1 is 1.28 bits per heavy atom. The van der Waals surface area contributed by atoms with Crippen LogP contribution < -0.4 is 10.6 Å². The number of carbonyl (C=O) groups is 2. The molecule has 0 fully saturated rings. The summed E-state index contributed by atoms with van der Waals surface area (Å²) >= 11 is 0. The van der Waals surface area contributed by atoms with Crippen molar-refractivity contribution in [3.05, 3.63) is 42.7 Å². The van der Waals surface area contributed by atoms with Crippen LogP contribution in [0.4, 0.5) is 10.5 Å². The standard InChI is InChI=1S/C20H27N5O4/c1-6-11-28-13(2)18(26)22-15-9-7-14(8-10-15)17-23-16(24-25-17)12-21-19(27)29-20(3,4)5/h6-10,13H,1,11-12H2,2-5H3,(H,21,27)(H,22,26)(H,23,24,25). The van der Waals surface area contributed by atoms with Gasteiger partial charge >= 0.3 is 6.09 Å². The minimum atomic E-state index is -0.583. The van der Waals surface area contributed by atoms with Crippen molar-refractivity contribution in [2.24, 2.45) is 0 Å². The lowest BCUT2D eigenvalue weighted by Crippen LogP contribution is -2.32. The fourth-order valence-electron chi connectivity index (χ4n) is 2.21. The molecule has 2 aromatic rings. The van der Waals surface area contributed by atoms with Gasteiger partial charge in [0.05, 0.1) is 13.2 Å². The van der Waals surface area contributed by atoms with Crippen molar-refractivity contribution in [3.63, 3.8) is 0 Å². The molecular weight excluding hydrogens is 374 g/mol. The number of amides is 2. The molecule has 2 amide bonds. The van der Waals surface area contributed by atoms with E-state index in [2.05, 4.69) is 32.4 Å². The second-order valence-corrected chi connectivity index (χ2v) is 7.29. The Morgan fingerprint density at radius 2 is 1.97 bits per heavy atom. The monoisotopic (exact) mass is 401 g/mol. The lowest BCUT2D eigenvalue weighted by molar-refractivity contribution is -0.125. The van der Waals surface area contributed by atoms with Crippen LogP contribution >= 0.6 is 0 Å². The highest BCUT2D eigenvalue weighted by Crippen LogP contribution is 2.18. The van der Waals surface area contributed by atoms with Gasteiger partial charge in [0.25, 0.3) is 5.91 Å². The van der Waals surface area contributed by atoms with Crippen LogP contribution in [0.25, 0.3) is 11.4 Å². The number of aromatic nitrogens is 3. The number of hydrogen-bond acceptors (Lipinski definition) is 6. The summed E-state index contributed by atoms with van der Waals surface area (Å²) in [4.78, 5) is 28.1. The summed E-state index contributed by atoms with van der Waals surface area (Å²) in [6, 6.07) is 7.09. The topological polar surface area (TPSA) is 118 Å². The molecule has 9 nitrogen and oxygen atoms in total. The zero-order valence-corrected chi connectivity index (χ0v) is 17.1. The van der Waals surface area contributed by atoms with Crippen LogP contribution in [0.1, 0.15) is 33.5 Å². The maximum absolute atomic E-state index is 12.0. The number of nitrogens with zero attached hydrogens (tertiary/aromatic N) is 2. The van der Waals surface area contributed by atoms with Gasteiger partial charge in [-0.3, -0.25) is 9.89 Å². The van der Waals surface area contributed by atoms with Gasteiger partial charge in [0.1, 0.15) is 17.5 Å². The van der Waals surface area contributed by atoms with Gasteiger partial charge in [0.2, 0.25) is 0 Å². The van der Waals surface area contributed by atoms with Gasteiger partial charge in [0.15, 0.2) is 5.82 Å². The highest BCUT2D eigenvalue weighted by atomic mass is 16.6. The van der Waals surface area contributed by atoms with E-state index in [4.69, 9.17) is 9.47 Å². The Hall–Kier alpha value is -3.20. The minimum Gasteiger partial charge on any atom is -0.444 e. The van der Waals surface area contributed by atoms with Crippen molar-refractivity contribution in [1.82, 2.24) is 20.5 Å². The van der Waals surface area contributed by atoms with Gasteiger partial charge in [-0.2, -0.15) is 5.10 Å². The van der Waals surface area contributed by atoms with Gasteiger partial charge < -0.3 is 20.1 Å². The maximum atomic E-state index is 12.0. The molecule has 1 aromatic carbocycles. The molecule has 1 atom stereocenters. The summed E-state index contributed by atoms with van der Waals surface area (Å²) in [5.74, 6) is 0.732. The molecule has 0 aliphatic heterocycles. The summed E-state index contributed by atoms with van der Waals surface area (Å²) in [5.41, 5.74) is 0.831. The molecule has 0 aliphatic rings. The van der Waals surface area contributed by atoms with E-state index in [1.165, 1.54) is 0 Å².